The van der Waals surface area contributed by atoms with Gasteiger partial charge < -0.3 is 15.2 Å². The molecule has 0 saturated heterocycles. The summed E-state index contributed by atoms with van der Waals surface area (Å²) in [5.74, 6) is -1.79. The van der Waals surface area contributed by atoms with Crippen LogP contribution in [0.25, 0.3) is 0 Å². The smallest absolute Gasteiger partial charge is 0.407 e. The molecule has 0 aliphatic heterocycles. The number of carbonyl (C=O) groups excluding carboxylic acids is 1. The summed E-state index contributed by atoms with van der Waals surface area (Å²) in [5.41, 5.74) is 1.53. The molecule has 1 amide bonds. The Morgan fingerprint density at radius 1 is 1.04 bits per heavy atom. The molecule has 0 aliphatic rings. The van der Waals surface area contributed by atoms with Crippen molar-refractivity contribution < 1.29 is 19.4 Å². The number of carboxylic acids is 1. The molecule has 2 N–H and O–H groups in total. The maximum absolute atomic E-state index is 12.0. The molecular formula is C19H21NO4. The Hall–Kier alpha value is -2.82. The number of aliphatic carboxylic acids is 1. The van der Waals surface area contributed by atoms with Crippen molar-refractivity contribution in [3.63, 3.8) is 0 Å². The molecule has 5 heteroatoms. The van der Waals surface area contributed by atoms with Crippen LogP contribution in [0.2, 0.25) is 0 Å². The second-order valence-corrected chi connectivity index (χ2v) is 5.45. The molecule has 5 nitrogen and oxygen atoms in total. The van der Waals surface area contributed by atoms with Crippen LogP contribution in [0.5, 0.6) is 0 Å². The van der Waals surface area contributed by atoms with Gasteiger partial charge in [-0.25, -0.2) is 4.79 Å². The van der Waals surface area contributed by atoms with Crippen molar-refractivity contribution in [2.24, 2.45) is 0 Å². The van der Waals surface area contributed by atoms with Crippen LogP contribution >= 0.6 is 0 Å². The monoisotopic (exact) mass is 327 g/mol. The Morgan fingerprint density at radius 3 is 2.17 bits per heavy atom. The lowest BCUT2D eigenvalue weighted by atomic mass is 9.90. The van der Waals surface area contributed by atoms with Crippen LogP contribution < -0.4 is 5.32 Å². The van der Waals surface area contributed by atoms with Crippen molar-refractivity contribution in [2.75, 3.05) is 0 Å². The highest BCUT2D eigenvalue weighted by Crippen LogP contribution is 2.22. The first-order valence-electron chi connectivity index (χ1n) is 7.86. The zero-order valence-electron chi connectivity index (χ0n) is 13.5. The summed E-state index contributed by atoms with van der Waals surface area (Å²) in [4.78, 5) is 23.7. The summed E-state index contributed by atoms with van der Waals surface area (Å²) in [6.45, 7) is 1.98. The molecule has 2 unspecified atom stereocenters. The van der Waals surface area contributed by atoms with Crippen molar-refractivity contribution in [1.82, 2.24) is 5.32 Å². The number of hydrogen-bond donors (Lipinski definition) is 2. The zero-order valence-corrected chi connectivity index (χ0v) is 13.5. The van der Waals surface area contributed by atoms with E-state index in [0.717, 1.165) is 5.56 Å². The van der Waals surface area contributed by atoms with Crippen LogP contribution in [0.3, 0.4) is 0 Å². The van der Waals surface area contributed by atoms with E-state index >= 15 is 0 Å². The predicted octanol–water partition coefficient (Wildman–Crippen LogP) is 3.56. The van der Waals surface area contributed by atoms with E-state index in [4.69, 9.17) is 4.74 Å². The van der Waals surface area contributed by atoms with Crippen LogP contribution in [-0.2, 0) is 16.1 Å². The normalized spacial score (nSPS) is 12.9. The summed E-state index contributed by atoms with van der Waals surface area (Å²) in [6.07, 6.45) is -0.139. The summed E-state index contributed by atoms with van der Waals surface area (Å²) < 4.78 is 5.18. The Balaban J connectivity index is 2.01. The van der Waals surface area contributed by atoms with Crippen molar-refractivity contribution in [3.05, 3.63) is 71.8 Å². The number of nitrogens with one attached hydrogen (secondary N) is 1. The Labute approximate surface area is 141 Å². The Kier molecular flexibility index (Phi) is 6.37. The number of rotatable bonds is 7. The van der Waals surface area contributed by atoms with Gasteiger partial charge in [0.05, 0.1) is 0 Å². The van der Waals surface area contributed by atoms with Crippen molar-refractivity contribution >= 4 is 12.1 Å². The van der Waals surface area contributed by atoms with Gasteiger partial charge in [0.15, 0.2) is 0 Å². The van der Waals surface area contributed by atoms with Gasteiger partial charge in [-0.1, -0.05) is 67.6 Å². The van der Waals surface area contributed by atoms with Gasteiger partial charge in [0.2, 0.25) is 0 Å². The van der Waals surface area contributed by atoms with Crippen molar-refractivity contribution in [1.29, 1.82) is 0 Å². The van der Waals surface area contributed by atoms with Gasteiger partial charge in [-0.3, -0.25) is 4.79 Å². The maximum atomic E-state index is 12.0. The van der Waals surface area contributed by atoms with E-state index in [1.807, 2.05) is 43.3 Å². The zero-order chi connectivity index (χ0) is 17.4. The van der Waals surface area contributed by atoms with E-state index in [1.165, 1.54) is 0 Å². The molecule has 2 rings (SSSR count). The molecule has 0 bridgehead atoms. The molecule has 0 heterocycles. The van der Waals surface area contributed by atoms with E-state index in [0.29, 0.717) is 12.0 Å². The molecule has 0 aromatic heterocycles. The minimum Gasteiger partial charge on any atom is -0.481 e. The SMILES string of the molecule is CCC(NC(=O)OCc1ccccc1)C(C(=O)O)c1ccccc1. The summed E-state index contributed by atoms with van der Waals surface area (Å²) in [5, 5.41) is 12.2. The first kappa shape index (κ1) is 17.5. The average molecular weight is 327 g/mol. The maximum Gasteiger partial charge on any atom is 0.407 e. The average Bonchev–Trinajstić information content (AvgIpc) is 2.61. The molecule has 2 aromatic rings. The molecule has 2 aromatic carbocycles. The van der Waals surface area contributed by atoms with E-state index in [-0.39, 0.29) is 6.61 Å². The highest BCUT2D eigenvalue weighted by Gasteiger charge is 2.30. The molecule has 0 radical (unpaired) electrons. The first-order chi connectivity index (χ1) is 11.6. The third kappa shape index (κ3) is 4.84. The van der Waals surface area contributed by atoms with Gasteiger partial charge in [-0.15, -0.1) is 0 Å². The fourth-order valence-electron chi connectivity index (χ4n) is 2.54. The Bertz CT molecular complexity index is 658. The lowest BCUT2D eigenvalue weighted by Crippen LogP contribution is -2.42. The summed E-state index contributed by atoms with van der Waals surface area (Å²) >= 11 is 0. The van der Waals surface area contributed by atoms with Gasteiger partial charge in [-0.05, 0) is 17.5 Å². The van der Waals surface area contributed by atoms with Crippen molar-refractivity contribution in [2.45, 2.75) is 31.9 Å². The van der Waals surface area contributed by atoms with Crippen LogP contribution in [0.15, 0.2) is 60.7 Å². The van der Waals surface area contributed by atoms with Crippen LogP contribution in [0.1, 0.15) is 30.4 Å². The van der Waals surface area contributed by atoms with Gasteiger partial charge in [0.25, 0.3) is 0 Å². The largest absolute Gasteiger partial charge is 0.481 e. The second-order valence-electron chi connectivity index (χ2n) is 5.45. The molecule has 0 fully saturated rings. The van der Waals surface area contributed by atoms with Gasteiger partial charge >= 0.3 is 12.1 Å². The standard InChI is InChI=1S/C19H21NO4/c1-2-16(17(18(21)22)15-11-7-4-8-12-15)20-19(23)24-13-14-9-5-3-6-10-14/h3-12,16-17H,2,13H2,1H3,(H,20,23)(H,21,22). The Morgan fingerprint density at radius 2 is 1.62 bits per heavy atom. The highest BCUT2D eigenvalue weighted by molar-refractivity contribution is 5.78. The minimum atomic E-state index is -0.976. The quantitative estimate of drug-likeness (QED) is 0.815. The van der Waals surface area contributed by atoms with E-state index in [2.05, 4.69) is 5.32 Å². The molecule has 0 saturated carbocycles. The van der Waals surface area contributed by atoms with Crippen LogP contribution in [0.4, 0.5) is 4.79 Å². The fourth-order valence-corrected chi connectivity index (χ4v) is 2.54. The molecule has 24 heavy (non-hydrogen) atoms. The summed E-state index contributed by atoms with van der Waals surface area (Å²) in [7, 11) is 0. The van der Waals surface area contributed by atoms with Crippen molar-refractivity contribution in [3.8, 4) is 0 Å². The van der Waals surface area contributed by atoms with E-state index < -0.39 is 24.0 Å². The molecule has 126 valence electrons. The van der Waals surface area contributed by atoms with Crippen LogP contribution in [-0.4, -0.2) is 23.2 Å². The lowest BCUT2D eigenvalue weighted by molar-refractivity contribution is -0.139. The number of amides is 1. The second kappa shape index (κ2) is 8.72. The highest BCUT2D eigenvalue weighted by atomic mass is 16.5. The van der Waals surface area contributed by atoms with Gasteiger partial charge in [-0.2, -0.15) is 0 Å². The third-order valence-electron chi connectivity index (χ3n) is 3.78. The number of alkyl carbamates (subject to hydrolysis) is 1. The predicted molar refractivity (Wildman–Crippen MR) is 90.7 cm³/mol. The summed E-state index contributed by atoms with van der Waals surface area (Å²) in [6, 6.07) is 17.7. The number of hydrogen-bond acceptors (Lipinski definition) is 3. The fraction of sp³-hybridized carbons (Fsp3) is 0.263. The van der Waals surface area contributed by atoms with Crippen LogP contribution in [0, 0.1) is 0 Å². The lowest BCUT2D eigenvalue weighted by Gasteiger charge is -2.24. The number of benzene rings is 2. The minimum absolute atomic E-state index is 0.145. The van der Waals surface area contributed by atoms with Gasteiger partial charge in [0, 0.05) is 6.04 Å². The number of ether oxygens (including phenoxy) is 1. The molecule has 2 atom stereocenters. The van der Waals surface area contributed by atoms with E-state index in [1.54, 1.807) is 24.3 Å². The first-order valence-corrected chi connectivity index (χ1v) is 7.86. The molecular weight excluding hydrogens is 306 g/mol. The number of carbonyl (C=O) groups is 2. The number of carboxylic acid groups (broad SMARTS) is 1. The topological polar surface area (TPSA) is 75.6 Å². The van der Waals surface area contributed by atoms with E-state index in [9.17, 15) is 14.7 Å². The molecule has 0 aliphatic carbocycles. The van der Waals surface area contributed by atoms with Gasteiger partial charge in [0.1, 0.15) is 12.5 Å². The molecule has 0 spiro atoms. The third-order valence-corrected chi connectivity index (χ3v) is 3.78.